The predicted octanol–water partition coefficient (Wildman–Crippen LogP) is 3.68. The molecule has 2 aromatic rings. The first-order valence-electron chi connectivity index (χ1n) is 9.57. The summed E-state index contributed by atoms with van der Waals surface area (Å²) >= 11 is 0. The summed E-state index contributed by atoms with van der Waals surface area (Å²) in [6.45, 7) is 8.45. The average Bonchev–Trinajstić information content (AvgIpc) is 2.91. The molecule has 5 nitrogen and oxygen atoms in total. The second-order valence-corrected chi connectivity index (χ2v) is 9.08. The van der Waals surface area contributed by atoms with Crippen LogP contribution in [0.15, 0.2) is 64.6 Å². The zero-order chi connectivity index (χ0) is 19.9. The lowest BCUT2D eigenvalue weighted by molar-refractivity contribution is 0.339. The highest BCUT2D eigenvalue weighted by Crippen LogP contribution is 2.34. The van der Waals surface area contributed by atoms with Crippen molar-refractivity contribution < 1.29 is 8.42 Å². The topological polar surface area (TPSA) is 53.0 Å². The fourth-order valence-corrected chi connectivity index (χ4v) is 5.60. The van der Waals surface area contributed by atoms with Crippen molar-refractivity contribution in [2.75, 3.05) is 24.5 Å². The number of aryl methyl sites for hydroxylation is 1. The van der Waals surface area contributed by atoms with Gasteiger partial charge in [-0.2, -0.15) is 8.42 Å². The number of amidine groups is 1. The van der Waals surface area contributed by atoms with Crippen LogP contribution < -0.4 is 4.90 Å². The van der Waals surface area contributed by atoms with Crippen LogP contribution in [0.25, 0.3) is 4.91 Å². The minimum absolute atomic E-state index is 0.259. The Bertz CT molecular complexity index is 1060. The summed E-state index contributed by atoms with van der Waals surface area (Å²) in [6.07, 6.45) is 0. The van der Waals surface area contributed by atoms with Crippen LogP contribution in [0.3, 0.4) is 0 Å². The molecule has 0 unspecified atom stereocenters. The molecule has 2 aliphatic rings. The molecule has 0 amide bonds. The summed E-state index contributed by atoms with van der Waals surface area (Å²) in [6, 6.07) is 18.0. The first kappa shape index (κ1) is 18.7. The Kier molecular flexibility index (Phi) is 4.75. The molecule has 146 valence electrons. The quantitative estimate of drug-likeness (QED) is 0.778. The summed E-state index contributed by atoms with van der Waals surface area (Å²) in [5, 5.41) is 0. The maximum atomic E-state index is 12.7. The SMILES string of the molecule is CC1=C(c2ccccc2)S(=O)(=O)N=C1N1CCN(c2cccc(C)c2)[C@H](C)C1. The third-order valence-electron chi connectivity index (χ3n) is 5.44. The van der Waals surface area contributed by atoms with Gasteiger partial charge in [0.2, 0.25) is 0 Å². The van der Waals surface area contributed by atoms with Crippen molar-refractivity contribution in [3.63, 3.8) is 0 Å². The number of nitrogens with zero attached hydrogens (tertiary/aromatic N) is 3. The normalized spacial score (nSPS) is 21.8. The van der Waals surface area contributed by atoms with E-state index in [0.29, 0.717) is 16.3 Å². The van der Waals surface area contributed by atoms with Crippen LogP contribution in [0, 0.1) is 6.92 Å². The van der Waals surface area contributed by atoms with Gasteiger partial charge < -0.3 is 9.80 Å². The van der Waals surface area contributed by atoms with E-state index >= 15 is 0 Å². The molecule has 2 aromatic carbocycles. The van der Waals surface area contributed by atoms with E-state index in [2.05, 4.69) is 52.3 Å². The third-order valence-corrected chi connectivity index (χ3v) is 6.91. The van der Waals surface area contributed by atoms with Crippen LogP contribution in [0.5, 0.6) is 0 Å². The van der Waals surface area contributed by atoms with Crippen molar-refractivity contribution in [1.29, 1.82) is 0 Å². The zero-order valence-corrected chi connectivity index (χ0v) is 17.3. The van der Waals surface area contributed by atoms with Gasteiger partial charge in [-0.1, -0.05) is 42.5 Å². The van der Waals surface area contributed by atoms with Gasteiger partial charge in [0, 0.05) is 36.9 Å². The minimum Gasteiger partial charge on any atom is -0.365 e. The predicted molar refractivity (Wildman–Crippen MR) is 115 cm³/mol. The number of anilines is 1. The number of hydrogen-bond acceptors (Lipinski definition) is 4. The lowest BCUT2D eigenvalue weighted by Gasteiger charge is -2.42. The molecule has 2 aliphatic heterocycles. The minimum atomic E-state index is -3.66. The van der Waals surface area contributed by atoms with E-state index in [9.17, 15) is 8.42 Å². The van der Waals surface area contributed by atoms with Crippen LogP contribution in [0.4, 0.5) is 5.69 Å². The molecule has 4 rings (SSSR count). The average molecular weight is 396 g/mol. The fourth-order valence-electron chi connectivity index (χ4n) is 4.11. The highest BCUT2D eigenvalue weighted by Gasteiger charge is 2.35. The Labute approximate surface area is 167 Å². The van der Waals surface area contributed by atoms with E-state index in [1.54, 1.807) is 0 Å². The smallest absolute Gasteiger partial charge is 0.285 e. The molecule has 28 heavy (non-hydrogen) atoms. The molecule has 0 bridgehead atoms. The summed E-state index contributed by atoms with van der Waals surface area (Å²) in [7, 11) is -3.66. The van der Waals surface area contributed by atoms with E-state index in [4.69, 9.17) is 0 Å². The van der Waals surface area contributed by atoms with Gasteiger partial charge in [-0.15, -0.1) is 4.40 Å². The molecule has 1 saturated heterocycles. The molecule has 0 aliphatic carbocycles. The lowest BCUT2D eigenvalue weighted by atomic mass is 10.1. The highest BCUT2D eigenvalue weighted by atomic mass is 32.2. The Hall–Kier alpha value is -2.60. The second-order valence-electron chi connectivity index (χ2n) is 7.54. The zero-order valence-electron chi connectivity index (χ0n) is 16.5. The van der Waals surface area contributed by atoms with Crippen LogP contribution in [0.1, 0.15) is 25.0 Å². The van der Waals surface area contributed by atoms with Gasteiger partial charge in [-0.05, 0) is 44.0 Å². The van der Waals surface area contributed by atoms with Crippen molar-refractivity contribution in [2.24, 2.45) is 4.40 Å². The van der Waals surface area contributed by atoms with Crippen LogP contribution in [-0.4, -0.2) is 44.8 Å². The summed E-state index contributed by atoms with van der Waals surface area (Å²) in [5.74, 6) is 0.592. The van der Waals surface area contributed by atoms with Gasteiger partial charge >= 0.3 is 0 Å². The number of rotatable bonds is 2. The number of piperazine rings is 1. The summed E-state index contributed by atoms with van der Waals surface area (Å²) in [4.78, 5) is 4.82. The Morgan fingerprint density at radius 3 is 2.43 bits per heavy atom. The molecular weight excluding hydrogens is 370 g/mol. The standard InChI is InChI=1S/C22H25N3O2S/c1-16-8-7-11-20(14-16)25-13-12-24(15-17(25)2)22-18(3)21(28(26,27)23-22)19-9-5-4-6-10-19/h4-11,14,17H,12-13,15H2,1-3H3/t17-/m1/s1. The largest absolute Gasteiger partial charge is 0.365 e. The number of benzene rings is 2. The van der Waals surface area contributed by atoms with Crippen molar-refractivity contribution in [2.45, 2.75) is 26.8 Å². The van der Waals surface area contributed by atoms with Crippen molar-refractivity contribution in [3.8, 4) is 0 Å². The maximum absolute atomic E-state index is 12.7. The lowest BCUT2D eigenvalue weighted by Crippen LogP contribution is -2.53. The molecular formula is C22H25N3O2S. The highest BCUT2D eigenvalue weighted by molar-refractivity contribution is 8.00. The third kappa shape index (κ3) is 3.33. The Morgan fingerprint density at radius 1 is 1.00 bits per heavy atom. The van der Waals surface area contributed by atoms with Gasteiger partial charge in [0.25, 0.3) is 10.0 Å². The van der Waals surface area contributed by atoms with Crippen molar-refractivity contribution >= 4 is 26.5 Å². The maximum Gasteiger partial charge on any atom is 0.285 e. The second kappa shape index (κ2) is 7.09. The molecule has 0 radical (unpaired) electrons. The number of sulfonamides is 1. The van der Waals surface area contributed by atoms with Gasteiger partial charge in [0.1, 0.15) is 10.7 Å². The van der Waals surface area contributed by atoms with E-state index in [-0.39, 0.29) is 6.04 Å². The van der Waals surface area contributed by atoms with E-state index in [1.807, 2.05) is 37.3 Å². The number of hydrogen-bond donors (Lipinski definition) is 0. The Morgan fingerprint density at radius 2 is 1.75 bits per heavy atom. The van der Waals surface area contributed by atoms with Crippen LogP contribution in [-0.2, 0) is 10.0 Å². The van der Waals surface area contributed by atoms with Crippen LogP contribution in [0.2, 0.25) is 0 Å². The Balaban J connectivity index is 1.60. The molecule has 6 heteroatoms. The molecule has 1 atom stereocenters. The molecule has 2 heterocycles. The fraction of sp³-hybridized carbons (Fsp3) is 0.318. The summed E-state index contributed by atoms with van der Waals surface area (Å²) in [5.41, 5.74) is 3.89. The van der Waals surface area contributed by atoms with E-state index < -0.39 is 10.0 Å². The molecule has 0 aromatic heterocycles. The molecule has 0 saturated carbocycles. The van der Waals surface area contributed by atoms with Crippen molar-refractivity contribution in [3.05, 3.63) is 71.3 Å². The van der Waals surface area contributed by atoms with Gasteiger partial charge in [0.05, 0.1) is 0 Å². The summed E-state index contributed by atoms with van der Waals surface area (Å²) < 4.78 is 29.6. The van der Waals surface area contributed by atoms with E-state index in [0.717, 1.165) is 25.2 Å². The van der Waals surface area contributed by atoms with Gasteiger partial charge in [0.15, 0.2) is 0 Å². The first-order chi connectivity index (χ1) is 13.4. The molecule has 0 spiro atoms. The van der Waals surface area contributed by atoms with E-state index in [1.165, 1.54) is 11.3 Å². The monoisotopic (exact) mass is 395 g/mol. The van der Waals surface area contributed by atoms with Gasteiger partial charge in [-0.25, -0.2) is 0 Å². The van der Waals surface area contributed by atoms with Gasteiger partial charge in [-0.3, -0.25) is 0 Å². The molecule has 1 fully saturated rings. The van der Waals surface area contributed by atoms with Crippen molar-refractivity contribution in [1.82, 2.24) is 4.90 Å². The first-order valence-corrected chi connectivity index (χ1v) is 11.0. The molecule has 0 N–H and O–H groups in total. The van der Waals surface area contributed by atoms with Crippen LogP contribution >= 0.6 is 0 Å².